The topological polar surface area (TPSA) is 0 Å². The third kappa shape index (κ3) is 2.67. The Balaban J connectivity index is 2.01. The summed E-state index contributed by atoms with van der Waals surface area (Å²) >= 11 is 3.93. The van der Waals surface area contributed by atoms with Gasteiger partial charge in [-0.2, -0.15) is 0 Å². The largest absolute Gasteiger partial charge is 0.119 e. The van der Waals surface area contributed by atoms with E-state index < -0.39 is 0 Å². The minimum Gasteiger partial charge on any atom is -0.119 e. The molecule has 0 aliphatic carbocycles. The summed E-state index contributed by atoms with van der Waals surface area (Å²) in [7, 11) is 0. The Morgan fingerprint density at radius 3 is 2.56 bits per heavy atom. The fourth-order valence-corrected chi connectivity index (χ4v) is 2.89. The van der Waals surface area contributed by atoms with Crippen molar-refractivity contribution in [1.29, 1.82) is 0 Å². The van der Waals surface area contributed by atoms with Gasteiger partial charge in [0.2, 0.25) is 0 Å². The van der Waals surface area contributed by atoms with Crippen molar-refractivity contribution in [2.45, 2.75) is 30.8 Å². The van der Waals surface area contributed by atoms with E-state index in [2.05, 4.69) is 17.7 Å². The van der Waals surface area contributed by atoms with Crippen LogP contribution in [0.1, 0.15) is 26.2 Å². The van der Waals surface area contributed by atoms with Crippen molar-refractivity contribution in [2.75, 3.05) is 0 Å². The van der Waals surface area contributed by atoms with Crippen molar-refractivity contribution in [2.24, 2.45) is 0 Å². The second kappa shape index (κ2) is 4.29. The van der Waals surface area contributed by atoms with Crippen LogP contribution in [0.5, 0.6) is 0 Å². The molecule has 0 aromatic rings. The van der Waals surface area contributed by atoms with Crippen LogP contribution in [0.3, 0.4) is 0 Å². The minimum atomic E-state index is 0.838. The second-order valence-electron chi connectivity index (χ2n) is 2.12. The van der Waals surface area contributed by atoms with Gasteiger partial charge in [-0.15, -0.1) is 23.5 Å². The van der Waals surface area contributed by atoms with E-state index in [0.29, 0.717) is 0 Å². The molecule has 2 heteroatoms. The maximum absolute atomic E-state index is 2.25. The zero-order chi connectivity index (χ0) is 6.53. The Kier molecular flexibility index (Phi) is 3.59. The van der Waals surface area contributed by atoms with Gasteiger partial charge in [0.1, 0.15) is 0 Å². The van der Waals surface area contributed by atoms with Gasteiger partial charge in [-0.05, 0) is 17.2 Å². The number of rotatable bonds is 3. The van der Waals surface area contributed by atoms with Crippen LogP contribution < -0.4 is 0 Å². The van der Waals surface area contributed by atoms with Crippen molar-refractivity contribution < 1.29 is 0 Å². The summed E-state index contributed by atoms with van der Waals surface area (Å²) in [5.74, 6) is 0. The van der Waals surface area contributed by atoms with Crippen LogP contribution in [0.15, 0.2) is 10.8 Å². The molecule has 1 heterocycles. The maximum Gasteiger partial charge on any atom is 0.0585 e. The maximum atomic E-state index is 2.25. The summed E-state index contributed by atoms with van der Waals surface area (Å²) in [6.07, 6.45) is 4.09. The minimum absolute atomic E-state index is 0.838. The van der Waals surface area contributed by atoms with Crippen LogP contribution >= 0.6 is 23.5 Å². The van der Waals surface area contributed by atoms with Gasteiger partial charge in [0.25, 0.3) is 0 Å². The first-order valence-corrected chi connectivity index (χ1v) is 5.28. The molecule has 0 saturated carbocycles. The van der Waals surface area contributed by atoms with E-state index in [1.54, 1.807) is 0 Å². The number of hydrogen-bond acceptors (Lipinski definition) is 2. The van der Waals surface area contributed by atoms with Gasteiger partial charge in [-0.25, -0.2) is 0 Å². The van der Waals surface area contributed by atoms with Crippen LogP contribution in [0.4, 0.5) is 0 Å². The van der Waals surface area contributed by atoms with Crippen LogP contribution in [0.25, 0.3) is 0 Å². The SMILES string of the molecule is CCCCC1SC=CS1. The third-order valence-electron chi connectivity index (χ3n) is 1.31. The molecule has 0 fully saturated rings. The van der Waals surface area contributed by atoms with Crippen molar-refractivity contribution >= 4 is 23.5 Å². The van der Waals surface area contributed by atoms with Gasteiger partial charge in [0, 0.05) is 0 Å². The number of hydrogen-bond donors (Lipinski definition) is 0. The molecule has 1 rings (SSSR count). The molecule has 52 valence electrons. The zero-order valence-electron chi connectivity index (χ0n) is 5.67. The summed E-state index contributed by atoms with van der Waals surface area (Å²) in [5.41, 5.74) is 0. The lowest BCUT2D eigenvalue weighted by atomic mass is 10.3. The van der Waals surface area contributed by atoms with Gasteiger partial charge in [-0.1, -0.05) is 19.8 Å². The molecule has 1 aliphatic heterocycles. The van der Waals surface area contributed by atoms with Gasteiger partial charge in [0.15, 0.2) is 0 Å². The third-order valence-corrected chi connectivity index (χ3v) is 3.81. The molecule has 0 bridgehead atoms. The van der Waals surface area contributed by atoms with Gasteiger partial charge >= 0.3 is 0 Å². The van der Waals surface area contributed by atoms with Crippen molar-refractivity contribution in [3.05, 3.63) is 10.8 Å². The molecule has 0 aromatic heterocycles. The predicted octanol–water partition coefficient (Wildman–Crippen LogP) is 3.45. The molecule has 0 spiro atoms. The zero-order valence-corrected chi connectivity index (χ0v) is 7.30. The Labute approximate surface area is 65.5 Å². The highest BCUT2D eigenvalue weighted by molar-refractivity contribution is 8.22. The lowest BCUT2D eigenvalue weighted by Crippen LogP contribution is -1.89. The molecule has 0 atom stereocenters. The van der Waals surface area contributed by atoms with E-state index in [-0.39, 0.29) is 0 Å². The smallest absolute Gasteiger partial charge is 0.0585 e. The Morgan fingerprint density at radius 2 is 2.00 bits per heavy atom. The quantitative estimate of drug-likeness (QED) is 0.620. The molecule has 0 saturated heterocycles. The van der Waals surface area contributed by atoms with Crippen molar-refractivity contribution in [1.82, 2.24) is 0 Å². The first-order chi connectivity index (χ1) is 4.43. The van der Waals surface area contributed by atoms with Crippen molar-refractivity contribution in [3.63, 3.8) is 0 Å². The van der Waals surface area contributed by atoms with Crippen LogP contribution in [-0.2, 0) is 0 Å². The van der Waals surface area contributed by atoms with Gasteiger partial charge in [0.05, 0.1) is 4.58 Å². The summed E-state index contributed by atoms with van der Waals surface area (Å²) in [6, 6.07) is 0. The molecule has 0 radical (unpaired) electrons. The standard InChI is InChI=1S/C7H12S2/c1-2-3-4-7-8-5-6-9-7/h5-7H,2-4H2,1H3. The normalized spacial score (nSPS) is 19.2. The average Bonchev–Trinajstić information content (AvgIpc) is 2.34. The van der Waals surface area contributed by atoms with E-state index >= 15 is 0 Å². The fraction of sp³-hybridized carbons (Fsp3) is 0.714. The monoisotopic (exact) mass is 160 g/mol. The molecule has 1 aliphatic rings. The van der Waals surface area contributed by atoms with Crippen molar-refractivity contribution in [3.8, 4) is 0 Å². The molecule has 0 nitrogen and oxygen atoms in total. The highest BCUT2D eigenvalue weighted by atomic mass is 32.2. The average molecular weight is 160 g/mol. The highest BCUT2D eigenvalue weighted by Gasteiger charge is 2.09. The van der Waals surface area contributed by atoms with E-state index in [1.165, 1.54) is 19.3 Å². The lowest BCUT2D eigenvalue weighted by Gasteiger charge is -2.04. The first-order valence-electron chi connectivity index (χ1n) is 3.39. The van der Waals surface area contributed by atoms with E-state index in [9.17, 15) is 0 Å². The predicted molar refractivity (Wildman–Crippen MR) is 47.6 cm³/mol. The Hall–Kier alpha value is 0.440. The fourth-order valence-electron chi connectivity index (χ4n) is 0.778. The van der Waals surface area contributed by atoms with E-state index in [0.717, 1.165) is 4.58 Å². The number of unbranched alkanes of at least 4 members (excludes halogenated alkanes) is 1. The highest BCUT2D eigenvalue weighted by Crippen LogP contribution is 2.36. The summed E-state index contributed by atoms with van der Waals surface area (Å²) in [4.78, 5) is 0. The summed E-state index contributed by atoms with van der Waals surface area (Å²) in [6.45, 7) is 2.25. The van der Waals surface area contributed by atoms with Gasteiger partial charge in [-0.3, -0.25) is 0 Å². The summed E-state index contributed by atoms with van der Waals surface area (Å²) < 4.78 is 0.838. The first kappa shape index (κ1) is 7.55. The molecule has 0 N–H and O–H groups in total. The molecule has 0 amide bonds. The van der Waals surface area contributed by atoms with E-state index in [1.807, 2.05) is 23.5 Å². The summed E-state index contributed by atoms with van der Waals surface area (Å²) in [5, 5.41) is 4.40. The van der Waals surface area contributed by atoms with E-state index in [4.69, 9.17) is 0 Å². The van der Waals surface area contributed by atoms with Crippen LogP contribution in [-0.4, -0.2) is 4.58 Å². The van der Waals surface area contributed by atoms with Crippen LogP contribution in [0.2, 0.25) is 0 Å². The molecular formula is C7H12S2. The molecule has 0 aromatic carbocycles. The van der Waals surface area contributed by atoms with Crippen LogP contribution in [0, 0.1) is 0 Å². The Morgan fingerprint density at radius 1 is 1.33 bits per heavy atom. The molecule has 9 heavy (non-hydrogen) atoms. The van der Waals surface area contributed by atoms with Gasteiger partial charge < -0.3 is 0 Å². The number of thioether (sulfide) groups is 2. The second-order valence-corrected chi connectivity index (χ2v) is 4.64. The lowest BCUT2D eigenvalue weighted by molar-refractivity contribution is 0.765. The molecule has 0 unspecified atom stereocenters. The molecular weight excluding hydrogens is 148 g/mol. The Bertz CT molecular complexity index is 91.1.